The second-order valence-electron chi connectivity index (χ2n) is 6.89. The van der Waals surface area contributed by atoms with E-state index in [1.807, 2.05) is 19.9 Å². The number of carbonyl (C=O) groups excluding carboxylic acids is 2. The molecule has 2 heterocycles. The smallest absolute Gasteiger partial charge is 0.326 e. The highest BCUT2D eigenvalue weighted by atomic mass is 16.5. The molecular weight excluding hydrogens is 312 g/mol. The van der Waals surface area contributed by atoms with Gasteiger partial charge in [0, 0.05) is 0 Å². The topological polar surface area (TPSA) is 95.9 Å². The van der Waals surface area contributed by atoms with Crippen LogP contribution in [0.15, 0.2) is 30.3 Å². The molecule has 1 aromatic carbocycles. The molecule has 2 saturated heterocycles. The first-order chi connectivity index (χ1) is 11.3. The summed E-state index contributed by atoms with van der Waals surface area (Å²) in [5, 5.41) is 12.0. The number of amides is 2. The zero-order chi connectivity index (χ0) is 17.5. The molecule has 0 bridgehead atoms. The van der Waals surface area contributed by atoms with Gasteiger partial charge in [-0.2, -0.15) is 0 Å². The predicted octanol–water partition coefficient (Wildman–Crippen LogP) is 0.644. The quantitative estimate of drug-likeness (QED) is 0.772. The van der Waals surface area contributed by atoms with Crippen LogP contribution in [0.1, 0.15) is 20.3 Å². The highest BCUT2D eigenvalue weighted by molar-refractivity contribution is 5.97. The molecule has 24 heavy (non-hydrogen) atoms. The van der Waals surface area contributed by atoms with Crippen LogP contribution in [0, 0.1) is 5.41 Å². The van der Waals surface area contributed by atoms with Crippen molar-refractivity contribution in [1.82, 2.24) is 10.2 Å². The number of β-lactam (4-membered cyclic amide) rings is 1. The highest BCUT2D eigenvalue weighted by Crippen LogP contribution is 2.46. The highest BCUT2D eigenvalue weighted by Gasteiger charge is 2.63. The van der Waals surface area contributed by atoms with Crippen LogP contribution in [0.25, 0.3) is 0 Å². The molecule has 128 valence electrons. The molecule has 3 atom stereocenters. The van der Waals surface area contributed by atoms with Crippen LogP contribution in [0.4, 0.5) is 0 Å². The summed E-state index contributed by atoms with van der Waals surface area (Å²) < 4.78 is 5.35. The Bertz CT molecular complexity index is 673. The fourth-order valence-electron chi connectivity index (χ4n) is 3.62. The molecule has 3 unspecified atom stereocenters. The van der Waals surface area contributed by atoms with Gasteiger partial charge >= 0.3 is 5.97 Å². The van der Waals surface area contributed by atoms with Crippen molar-refractivity contribution < 1.29 is 24.2 Å². The van der Waals surface area contributed by atoms with Crippen molar-refractivity contribution in [2.45, 2.75) is 38.4 Å². The Morgan fingerprint density at radius 2 is 2.00 bits per heavy atom. The van der Waals surface area contributed by atoms with Crippen molar-refractivity contribution in [1.29, 1.82) is 0 Å². The van der Waals surface area contributed by atoms with E-state index in [2.05, 4.69) is 5.32 Å². The van der Waals surface area contributed by atoms with Gasteiger partial charge in [-0.15, -0.1) is 0 Å². The van der Waals surface area contributed by atoms with Crippen molar-refractivity contribution in [3.05, 3.63) is 30.3 Å². The Labute approximate surface area is 139 Å². The summed E-state index contributed by atoms with van der Waals surface area (Å²) in [5.41, 5.74) is -0.522. The van der Waals surface area contributed by atoms with E-state index in [1.165, 1.54) is 4.90 Å². The number of rotatable bonds is 5. The van der Waals surface area contributed by atoms with Gasteiger partial charge in [0.25, 0.3) is 5.91 Å². The van der Waals surface area contributed by atoms with Gasteiger partial charge in [-0.3, -0.25) is 9.59 Å². The second kappa shape index (κ2) is 5.81. The molecule has 3 rings (SSSR count). The number of para-hydroxylation sites is 1. The van der Waals surface area contributed by atoms with Crippen LogP contribution in [-0.4, -0.2) is 52.5 Å². The third-order valence-corrected chi connectivity index (χ3v) is 4.68. The lowest BCUT2D eigenvalue weighted by atomic mass is 9.83. The van der Waals surface area contributed by atoms with Crippen molar-refractivity contribution in [2.24, 2.45) is 5.41 Å². The van der Waals surface area contributed by atoms with Crippen LogP contribution in [-0.2, 0) is 14.4 Å². The Balaban J connectivity index is 1.59. The minimum Gasteiger partial charge on any atom is -0.484 e. The van der Waals surface area contributed by atoms with Gasteiger partial charge < -0.3 is 20.1 Å². The lowest BCUT2D eigenvalue weighted by Gasteiger charge is -2.44. The number of nitrogens with zero attached hydrogens (tertiary/aromatic N) is 1. The van der Waals surface area contributed by atoms with Crippen LogP contribution in [0.5, 0.6) is 5.75 Å². The van der Waals surface area contributed by atoms with Crippen molar-refractivity contribution in [2.75, 3.05) is 6.61 Å². The molecule has 7 heteroatoms. The maximum absolute atomic E-state index is 12.3. The van der Waals surface area contributed by atoms with Crippen LogP contribution >= 0.6 is 0 Å². The molecule has 1 aromatic rings. The number of benzene rings is 1. The average Bonchev–Trinajstić information content (AvgIpc) is 2.80. The number of nitrogens with one attached hydrogen (secondary N) is 1. The molecule has 0 aromatic heterocycles. The minimum atomic E-state index is -1.01. The van der Waals surface area contributed by atoms with E-state index < -0.39 is 29.4 Å². The monoisotopic (exact) mass is 332 g/mol. The summed E-state index contributed by atoms with van der Waals surface area (Å²) in [6.45, 7) is 3.47. The standard InChI is InChI=1S/C17H20N2O5/c1-17(2)8-11-13(15(21)19(11)14(17)16(22)23)18-12(20)9-24-10-6-4-3-5-7-10/h3-7,11,13-14H,8-9H2,1-2H3,(H,18,20)(H,22,23). The predicted molar refractivity (Wildman–Crippen MR) is 84.3 cm³/mol. The third kappa shape index (κ3) is 2.70. The third-order valence-electron chi connectivity index (χ3n) is 4.68. The molecule has 7 nitrogen and oxygen atoms in total. The Morgan fingerprint density at radius 1 is 1.33 bits per heavy atom. The normalized spacial score (nSPS) is 27.2. The first-order valence-electron chi connectivity index (χ1n) is 7.83. The summed E-state index contributed by atoms with van der Waals surface area (Å²) in [5.74, 6) is -1.17. The van der Waals surface area contributed by atoms with Gasteiger partial charge in [-0.25, -0.2) is 4.79 Å². The maximum Gasteiger partial charge on any atom is 0.326 e. The Hall–Kier alpha value is -2.57. The molecular formula is C17H20N2O5. The lowest BCUT2D eigenvalue weighted by Crippen LogP contribution is -2.71. The van der Waals surface area contributed by atoms with E-state index in [9.17, 15) is 19.5 Å². The SMILES string of the molecule is CC1(C)CC2C(NC(=O)COc3ccccc3)C(=O)N2C1C(=O)O. The Kier molecular flexibility index (Phi) is 3.95. The zero-order valence-electron chi connectivity index (χ0n) is 13.6. The van der Waals surface area contributed by atoms with Gasteiger partial charge in [-0.1, -0.05) is 32.0 Å². The van der Waals surface area contributed by atoms with Crippen LogP contribution in [0.3, 0.4) is 0 Å². The summed E-state index contributed by atoms with van der Waals surface area (Å²) in [4.78, 5) is 37.1. The number of carbonyl (C=O) groups is 3. The van der Waals surface area contributed by atoms with Gasteiger partial charge in [0.15, 0.2) is 6.61 Å². The van der Waals surface area contributed by atoms with E-state index in [0.717, 1.165) is 0 Å². The molecule has 2 aliphatic rings. The summed E-state index contributed by atoms with van der Waals surface area (Å²) >= 11 is 0. The van der Waals surface area contributed by atoms with E-state index in [0.29, 0.717) is 12.2 Å². The molecule has 0 saturated carbocycles. The van der Waals surface area contributed by atoms with Crippen molar-refractivity contribution in [3.63, 3.8) is 0 Å². The number of carboxylic acid groups (broad SMARTS) is 1. The number of carboxylic acids is 1. The molecule has 2 aliphatic heterocycles. The Morgan fingerprint density at radius 3 is 2.62 bits per heavy atom. The number of aliphatic carboxylic acids is 1. The van der Waals surface area contributed by atoms with E-state index in [1.54, 1.807) is 24.3 Å². The first-order valence-corrected chi connectivity index (χ1v) is 7.83. The van der Waals surface area contributed by atoms with Crippen molar-refractivity contribution >= 4 is 17.8 Å². The summed E-state index contributed by atoms with van der Waals surface area (Å²) in [7, 11) is 0. The molecule has 0 aliphatic carbocycles. The summed E-state index contributed by atoms with van der Waals surface area (Å²) in [6.07, 6.45) is 0.542. The first kappa shape index (κ1) is 16.3. The van der Waals surface area contributed by atoms with Gasteiger partial charge in [0.1, 0.15) is 17.8 Å². The molecule has 0 radical (unpaired) electrons. The van der Waals surface area contributed by atoms with E-state index in [4.69, 9.17) is 4.74 Å². The molecule has 2 N–H and O–H groups in total. The zero-order valence-corrected chi connectivity index (χ0v) is 13.6. The summed E-state index contributed by atoms with van der Waals surface area (Å²) in [6, 6.07) is 7.13. The van der Waals surface area contributed by atoms with E-state index >= 15 is 0 Å². The van der Waals surface area contributed by atoms with E-state index in [-0.39, 0.29) is 18.6 Å². The maximum atomic E-state index is 12.3. The van der Waals surface area contributed by atoms with Crippen LogP contribution in [0.2, 0.25) is 0 Å². The largest absolute Gasteiger partial charge is 0.484 e. The average molecular weight is 332 g/mol. The van der Waals surface area contributed by atoms with Gasteiger partial charge in [0.05, 0.1) is 6.04 Å². The second-order valence-corrected chi connectivity index (χ2v) is 6.89. The van der Waals surface area contributed by atoms with Crippen LogP contribution < -0.4 is 10.1 Å². The minimum absolute atomic E-state index is 0.188. The lowest BCUT2D eigenvalue weighted by molar-refractivity contribution is -0.163. The fraction of sp³-hybridized carbons (Fsp3) is 0.471. The van der Waals surface area contributed by atoms with Crippen molar-refractivity contribution in [3.8, 4) is 5.75 Å². The van der Waals surface area contributed by atoms with Gasteiger partial charge in [0.2, 0.25) is 5.91 Å². The number of fused-ring (bicyclic) bond motifs is 1. The molecule has 2 fully saturated rings. The fourth-order valence-corrected chi connectivity index (χ4v) is 3.62. The van der Waals surface area contributed by atoms with Gasteiger partial charge in [-0.05, 0) is 24.0 Å². The molecule has 2 amide bonds. The number of ether oxygens (including phenoxy) is 1. The molecule has 0 spiro atoms. The number of hydrogen-bond donors (Lipinski definition) is 2. The number of hydrogen-bond acceptors (Lipinski definition) is 4.